The van der Waals surface area contributed by atoms with Crippen LogP contribution in [0.5, 0.6) is 0 Å². The van der Waals surface area contributed by atoms with Gasteiger partial charge in [0, 0.05) is 10.6 Å². The third kappa shape index (κ3) is 4.80. The second kappa shape index (κ2) is 8.13. The molecule has 0 nitrogen and oxygen atoms in total. The first-order chi connectivity index (χ1) is 12.1. The third-order valence-electron chi connectivity index (χ3n) is 4.31. The fourth-order valence-electron chi connectivity index (χ4n) is 2.84. The second-order valence-corrected chi connectivity index (χ2v) is 6.69. The van der Waals surface area contributed by atoms with E-state index in [-0.39, 0.29) is 5.82 Å². The smallest absolute Gasteiger partial charge is 0.131 e. The zero-order chi connectivity index (χ0) is 17.6. The molecule has 0 saturated carbocycles. The van der Waals surface area contributed by atoms with Crippen molar-refractivity contribution in [2.75, 3.05) is 0 Å². The van der Waals surface area contributed by atoms with Crippen LogP contribution >= 0.6 is 11.6 Å². The fraction of sp³-hybridized carbons (Fsp3) is 0.130. The first kappa shape index (κ1) is 17.4. The van der Waals surface area contributed by atoms with Gasteiger partial charge >= 0.3 is 0 Å². The maximum atomic E-state index is 13.8. The molecule has 0 saturated heterocycles. The van der Waals surface area contributed by atoms with Gasteiger partial charge in [0.05, 0.1) is 0 Å². The van der Waals surface area contributed by atoms with Gasteiger partial charge in [-0.05, 0) is 41.2 Å². The molecule has 0 aliphatic heterocycles. The summed E-state index contributed by atoms with van der Waals surface area (Å²) in [7, 11) is 0. The molecule has 0 aliphatic carbocycles. The van der Waals surface area contributed by atoms with Crippen LogP contribution in [0.3, 0.4) is 0 Å². The highest BCUT2D eigenvalue weighted by Gasteiger charge is 2.06. The van der Waals surface area contributed by atoms with Crippen LogP contribution in [0.15, 0.2) is 72.8 Å². The molecule has 1 unspecified atom stereocenters. The Kier molecular flexibility index (Phi) is 5.67. The van der Waals surface area contributed by atoms with Crippen LogP contribution in [0.25, 0.3) is 12.2 Å². The van der Waals surface area contributed by atoms with Gasteiger partial charge in [0.2, 0.25) is 0 Å². The Balaban J connectivity index is 1.67. The molecule has 0 aliphatic rings. The van der Waals surface area contributed by atoms with Crippen molar-refractivity contribution < 1.29 is 4.39 Å². The Bertz CT molecular complexity index is 851. The summed E-state index contributed by atoms with van der Waals surface area (Å²) in [5.41, 5.74) is 4.23. The molecule has 0 fully saturated rings. The quantitative estimate of drug-likeness (QED) is 0.435. The van der Waals surface area contributed by atoms with Gasteiger partial charge in [0.1, 0.15) is 5.82 Å². The largest absolute Gasteiger partial charge is 0.206 e. The topological polar surface area (TPSA) is 0 Å². The van der Waals surface area contributed by atoms with E-state index in [4.69, 9.17) is 11.6 Å². The van der Waals surface area contributed by atoms with E-state index in [1.165, 1.54) is 17.2 Å². The minimum atomic E-state index is -0.308. The highest BCUT2D eigenvalue weighted by molar-refractivity contribution is 6.30. The molecular weight excluding hydrogens is 331 g/mol. The lowest BCUT2D eigenvalue weighted by atomic mass is 9.93. The lowest BCUT2D eigenvalue weighted by molar-refractivity contribution is 0.625. The molecular formula is C23H20ClF. The Morgan fingerprint density at radius 1 is 0.920 bits per heavy atom. The van der Waals surface area contributed by atoms with Crippen LogP contribution in [-0.2, 0) is 6.42 Å². The van der Waals surface area contributed by atoms with E-state index in [0.29, 0.717) is 16.5 Å². The molecule has 0 radical (unpaired) electrons. The van der Waals surface area contributed by atoms with E-state index in [9.17, 15) is 4.39 Å². The maximum Gasteiger partial charge on any atom is 0.131 e. The molecule has 0 spiro atoms. The number of rotatable bonds is 5. The van der Waals surface area contributed by atoms with Gasteiger partial charge in [-0.3, -0.25) is 0 Å². The third-order valence-corrected chi connectivity index (χ3v) is 4.54. The number of halogens is 2. The molecule has 0 heterocycles. The van der Waals surface area contributed by atoms with Gasteiger partial charge in [0.15, 0.2) is 0 Å². The van der Waals surface area contributed by atoms with Crippen molar-refractivity contribution in [3.05, 3.63) is 106 Å². The molecule has 1 atom stereocenters. The lowest BCUT2D eigenvalue weighted by Crippen LogP contribution is -1.98. The van der Waals surface area contributed by atoms with Crippen LogP contribution < -0.4 is 0 Å². The molecule has 2 heteroatoms. The highest BCUT2D eigenvalue weighted by Crippen LogP contribution is 2.21. The zero-order valence-electron chi connectivity index (χ0n) is 14.1. The van der Waals surface area contributed by atoms with Gasteiger partial charge in [0.25, 0.3) is 0 Å². The Hall–Kier alpha value is -2.38. The van der Waals surface area contributed by atoms with E-state index < -0.39 is 0 Å². The minimum Gasteiger partial charge on any atom is -0.206 e. The molecule has 0 N–H and O–H groups in total. The predicted octanol–water partition coefficient (Wildman–Crippen LogP) is 7.00. The first-order valence-corrected chi connectivity index (χ1v) is 8.76. The fourth-order valence-corrected chi connectivity index (χ4v) is 3.00. The maximum absolute atomic E-state index is 13.8. The molecule has 0 aromatic heterocycles. The van der Waals surface area contributed by atoms with Crippen LogP contribution in [0, 0.1) is 5.82 Å². The van der Waals surface area contributed by atoms with Crippen molar-refractivity contribution in [3.8, 4) is 0 Å². The van der Waals surface area contributed by atoms with Crippen molar-refractivity contribution in [2.45, 2.75) is 19.3 Å². The van der Waals surface area contributed by atoms with E-state index >= 15 is 0 Å². The van der Waals surface area contributed by atoms with Gasteiger partial charge in [-0.1, -0.05) is 91.3 Å². The van der Waals surface area contributed by atoms with E-state index in [1.54, 1.807) is 18.2 Å². The SMILES string of the molecule is CC(Cc1ccc(/C=C/c2ccc(Cl)cc2F)cc1)c1ccccc1. The standard InChI is InChI=1S/C23H20ClF/c1-17(20-5-3-2-4-6-20)15-19-9-7-18(8-10-19)11-12-21-13-14-22(24)16-23(21)25/h2-14,16-17H,15H2,1H3/b12-11+. The summed E-state index contributed by atoms with van der Waals surface area (Å²) in [6, 6.07) is 23.7. The summed E-state index contributed by atoms with van der Waals surface area (Å²) in [6.45, 7) is 2.24. The van der Waals surface area contributed by atoms with Crippen molar-refractivity contribution >= 4 is 23.8 Å². The second-order valence-electron chi connectivity index (χ2n) is 6.26. The molecule has 3 aromatic rings. The van der Waals surface area contributed by atoms with Crippen molar-refractivity contribution in [1.82, 2.24) is 0 Å². The van der Waals surface area contributed by atoms with Crippen molar-refractivity contribution in [2.24, 2.45) is 0 Å². The molecule has 3 rings (SSSR count). The molecule has 25 heavy (non-hydrogen) atoms. The van der Waals surface area contributed by atoms with Crippen LogP contribution in [-0.4, -0.2) is 0 Å². The van der Waals surface area contributed by atoms with E-state index in [1.807, 2.05) is 12.1 Å². The highest BCUT2D eigenvalue weighted by atomic mass is 35.5. The van der Waals surface area contributed by atoms with Crippen molar-refractivity contribution in [3.63, 3.8) is 0 Å². The van der Waals surface area contributed by atoms with Gasteiger partial charge < -0.3 is 0 Å². The molecule has 0 bridgehead atoms. The normalized spacial score (nSPS) is 12.4. The summed E-state index contributed by atoms with van der Waals surface area (Å²) in [6.07, 6.45) is 4.68. The predicted molar refractivity (Wildman–Crippen MR) is 105 cm³/mol. The first-order valence-electron chi connectivity index (χ1n) is 8.39. The Morgan fingerprint density at radius 3 is 2.32 bits per heavy atom. The summed E-state index contributed by atoms with van der Waals surface area (Å²) in [5, 5.41) is 0.409. The van der Waals surface area contributed by atoms with Crippen molar-refractivity contribution in [1.29, 1.82) is 0 Å². The van der Waals surface area contributed by atoms with E-state index in [2.05, 4.69) is 55.5 Å². The number of hydrogen-bond acceptors (Lipinski definition) is 0. The van der Waals surface area contributed by atoms with Crippen LogP contribution in [0.2, 0.25) is 5.02 Å². The molecule has 0 amide bonds. The molecule has 126 valence electrons. The average Bonchev–Trinajstić information content (AvgIpc) is 2.63. The van der Waals surface area contributed by atoms with Gasteiger partial charge in [-0.15, -0.1) is 0 Å². The average molecular weight is 351 g/mol. The van der Waals surface area contributed by atoms with Crippen LogP contribution in [0.1, 0.15) is 35.1 Å². The summed E-state index contributed by atoms with van der Waals surface area (Å²) >= 11 is 5.77. The van der Waals surface area contributed by atoms with Gasteiger partial charge in [-0.2, -0.15) is 0 Å². The summed E-state index contributed by atoms with van der Waals surface area (Å²) in [4.78, 5) is 0. The minimum absolute atomic E-state index is 0.308. The number of benzene rings is 3. The summed E-state index contributed by atoms with van der Waals surface area (Å²) < 4.78 is 13.8. The van der Waals surface area contributed by atoms with Gasteiger partial charge in [-0.25, -0.2) is 4.39 Å². The zero-order valence-corrected chi connectivity index (χ0v) is 14.9. The van der Waals surface area contributed by atoms with E-state index in [0.717, 1.165) is 12.0 Å². The monoisotopic (exact) mass is 350 g/mol. The Morgan fingerprint density at radius 2 is 1.64 bits per heavy atom. The van der Waals surface area contributed by atoms with Crippen LogP contribution in [0.4, 0.5) is 4.39 Å². The molecule has 3 aromatic carbocycles. The summed E-state index contributed by atoms with van der Waals surface area (Å²) in [5.74, 6) is 0.169. The number of hydrogen-bond donors (Lipinski definition) is 0. The lowest BCUT2D eigenvalue weighted by Gasteiger charge is -2.12. The Labute approximate surface area is 153 Å².